The van der Waals surface area contributed by atoms with Crippen molar-refractivity contribution in [3.63, 3.8) is 0 Å². The quantitative estimate of drug-likeness (QED) is 0.897. The van der Waals surface area contributed by atoms with Gasteiger partial charge in [0.1, 0.15) is 0 Å². The third-order valence-electron chi connectivity index (χ3n) is 4.96. The third-order valence-corrected chi connectivity index (χ3v) is 4.96. The molecule has 1 aliphatic heterocycles. The molecule has 6 nitrogen and oxygen atoms in total. The second-order valence-corrected chi connectivity index (χ2v) is 6.83. The van der Waals surface area contributed by atoms with Crippen LogP contribution in [0.25, 0.3) is 0 Å². The summed E-state index contributed by atoms with van der Waals surface area (Å²) >= 11 is 0. The molecule has 2 aliphatic rings. The van der Waals surface area contributed by atoms with Crippen LogP contribution in [0.2, 0.25) is 0 Å². The minimum atomic E-state index is 0.123. The number of amides is 1. The first-order valence-electron chi connectivity index (χ1n) is 9.19. The van der Waals surface area contributed by atoms with Crippen LogP contribution in [-0.2, 0) is 4.79 Å². The fourth-order valence-corrected chi connectivity index (χ4v) is 3.62. The lowest BCUT2D eigenvalue weighted by Crippen LogP contribution is -2.43. The number of ether oxygens (including phenoxy) is 1. The number of piperidine rings is 1. The van der Waals surface area contributed by atoms with Gasteiger partial charge in [0.2, 0.25) is 17.7 Å². The first kappa shape index (κ1) is 17.0. The molecule has 0 aromatic carbocycles. The maximum absolute atomic E-state index is 12.4. The van der Waals surface area contributed by atoms with Gasteiger partial charge in [-0.25, -0.2) is 4.98 Å². The Hall–Kier alpha value is -1.85. The van der Waals surface area contributed by atoms with Gasteiger partial charge in [0.05, 0.1) is 6.61 Å². The summed E-state index contributed by atoms with van der Waals surface area (Å²) in [5.74, 6) is 1.70. The zero-order valence-electron chi connectivity index (χ0n) is 14.8. The smallest absolute Gasteiger partial charge is 0.228 e. The van der Waals surface area contributed by atoms with Gasteiger partial charge in [-0.3, -0.25) is 4.79 Å². The van der Waals surface area contributed by atoms with Gasteiger partial charge in [0, 0.05) is 36.8 Å². The van der Waals surface area contributed by atoms with E-state index in [0.717, 1.165) is 44.5 Å². The maximum Gasteiger partial charge on any atom is 0.228 e. The largest absolute Gasteiger partial charge is 0.478 e. The van der Waals surface area contributed by atoms with Gasteiger partial charge in [0.25, 0.3) is 0 Å². The monoisotopic (exact) mass is 332 g/mol. The molecule has 1 aromatic rings. The zero-order valence-corrected chi connectivity index (χ0v) is 14.8. The topological polar surface area (TPSA) is 67.3 Å². The van der Waals surface area contributed by atoms with Gasteiger partial charge in [0.15, 0.2) is 0 Å². The van der Waals surface area contributed by atoms with Crippen molar-refractivity contribution in [3.8, 4) is 5.88 Å². The number of aromatic nitrogens is 2. The molecule has 0 spiro atoms. The number of aryl methyl sites for hydroxylation is 1. The molecular formula is C18H28N4O2. The lowest BCUT2D eigenvalue weighted by atomic mass is 9.95. The zero-order chi connectivity index (χ0) is 16.9. The van der Waals surface area contributed by atoms with Crippen molar-refractivity contribution in [2.24, 2.45) is 5.92 Å². The van der Waals surface area contributed by atoms with Crippen LogP contribution in [0.5, 0.6) is 5.88 Å². The van der Waals surface area contributed by atoms with Crippen LogP contribution >= 0.6 is 0 Å². The molecule has 1 N–H and O–H groups in total. The molecule has 1 amide bonds. The van der Waals surface area contributed by atoms with E-state index < -0.39 is 0 Å². The highest BCUT2D eigenvalue weighted by Crippen LogP contribution is 2.24. The molecule has 2 fully saturated rings. The van der Waals surface area contributed by atoms with Crippen LogP contribution in [0.15, 0.2) is 6.07 Å². The van der Waals surface area contributed by atoms with Gasteiger partial charge in [-0.2, -0.15) is 4.98 Å². The Morgan fingerprint density at radius 2 is 1.96 bits per heavy atom. The number of carbonyl (C=O) groups is 1. The highest BCUT2D eigenvalue weighted by atomic mass is 16.5. The SMILES string of the molecule is CCOc1cc(C)nc(N2CCC(C(=O)NC3CCCC3)CC2)n1. The third kappa shape index (κ3) is 4.16. The molecular weight excluding hydrogens is 304 g/mol. The van der Waals surface area contributed by atoms with Gasteiger partial charge >= 0.3 is 0 Å². The number of hydrogen-bond acceptors (Lipinski definition) is 5. The summed E-state index contributed by atoms with van der Waals surface area (Å²) < 4.78 is 5.51. The van der Waals surface area contributed by atoms with Crippen molar-refractivity contribution in [3.05, 3.63) is 11.8 Å². The fourth-order valence-electron chi connectivity index (χ4n) is 3.62. The van der Waals surface area contributed by atoms with Crippen molar-refractivity contribution in [1.82, 2.24) is 15.3 Å². The molecule has 0 atom stereocenters. The Balaban J connectivity index is 1.55. The fraction of sp³-hybridized carbons (Fsp3) is 0.722. The molecule has 1 aliphatic carbocycles. The minimum Gasteiger partial charge on any atom is -0.478 e. The van der Waals surface area contributed by atoms with Crippen LogP contribution in [-0.4, -0.2) is 41.6 Å². The van der Waals surface area contributed by atoms with E-state index >= 15 is 0 Å². The predicted molar refractivity (Wildman–Crippen MR) is 93.3 cm³/mol. The highest BCUT2D eigenvalue weighted by molar-refractivity contribution is 5.79. The van der Waals surface area contributed by atoms with Crippen molar-refractivity contribution < 1.29 is 9.53 Å². The second kappa shape index (κ2) is 7.81. The van der Waals surface area contributed by atoms with E-state index in [9.17, 15) is 4.79 Å². The lowest BCUT2D eigenvalue weighted by molar-refractivity contribution is -0.126. The Morgan fingerprint density at radius 1 is 1.25 bits per heavy atom. The lowest BCUT2D eigenvalue weighted by Gasteiger charge is -2.32. The second-order valence-electron chi connectivity index (χ2n) is 6.83. The van der Waals surface area contributed by atoms with Crippen LogP contribution in [0.4, 0.5) is 5.95 Å². The average Bonchev–Trinajstić information content (AvgIpc) is 3.08. The predicted octanol–water partition coefficient (Wildman–Crippen LogP) is 2.46. The molecule has 1 aromatic heterocycles. The standard InChI is InChI=1S/C18H28N4O2/c1-3-24-16-12-13(2)19-18(21-16)22-10-8-14(9-11-22)17(23)20-15-6-4-5-7-15/h12,14-15H,3-11H2,1-2H3,(H,20,23). The van der Waals surface area contributed by atoms with Gasteiger partial charge in [-0.15, -0.1) is 0 Å². The van der Waals surface area contributed by atoms with Crippen LogP contribution < -0.4 is 15.0 Å². The van der Waals surface area contributed by atoms with Gasteiger partial charge in [-0.1, -0.05) is 12.8 Å². The molecule has 0 unspecified atom stereocenters. The summed E-state index contributed by atoms with van der Waals surface area (Å²) in [6.45, 7) is 6.13. The Kier molecular flexibility index (Phi) is 5.53. The summed E-state index contributed by atoms with van der Waals surface area (Å²) in [5, 5.41) is 3.23. The Labute approximate surface area is 144 Å². The Morgan fingerprint density at radius 3 is 2.62 bits per heavy atom. The van der Waals surface area contributed by atoms with E-state index in [1.165, 1.54) is 12.8 Å². The highest BCUT2D eigenvalue weighted by Gasteiger charge is 2.28. The summed E-state index contributed by atoms with van der Waals surface area (Å²) in [5.41, 5.74) is 0.907. The number of nitrogens with one attached hydrogen (secondary N) is 1. The van der Waals surface area contributed by atoms with Crippen molar-refractivity contribution in [2.45, 2.75) is 58.4 Å². The number of nitrogens with zero attached hydrogens (tertiary/aromatic N) is 3. The number of carbonyl (C=O) groups excluding carboxylic acids is 1. The first-order valence-corrected chi connectivity index (χ1v) is 9.19. The van der Waals surface area contributed by atoms with E-state index in [0.29, 0.717) is 24.5 Å². The van der Waals surface area contributed by atoms with E-state index in [4.69, 9.17) is 4.74 Å². The molecule has 1 saturated heterocycles. The molecule has 6 heteroatoms. The molecule has 1 saturated carbocycles. The van der Waals surface area contributed by atoms with Crippen molar-refractivity contribution >= 4 is 11.9 Å². The maximum atomic E-state index is 12.4. The van der Waals surface area contributed by atoms with Gasteiger partial charge in [-0.05, 0) is 39.5 Å². The molecule has 0 bridgehead atoms. The number of hydrogen-bond donors (Lipinski definition) is 1. The van der Waals surface area contributed by atoms with E-state index in [1.807, 2.05) is 19.9 Å². The molecule has 0 radical (unpaired) electrons. The van der Waals surface area contributed by atoms with Crippen LogP contribution in [0.3, 0.4) is 0 Å². The van der Waals surface area contributed by atoms with E-state index in [1.54, 1.807) is 0 Å². The van der Waals surface area contributed by atoms with Crippen LogP contribution in [0.1, 0.15) is 51.1 Å². The molecule has 2 heterocycles. The summed E-state index contributed by atoms with van der Waals surface area (Å²) in [4.78, 5) is 23.6. The summed E-state index contributed by atoms with van der Waals surface area (Å²) in [6.07, 6.45) is 6.50. The molecule has 24 heavy (non-hydrogen) atoms. The number of rotatable bonds is 5. The summed E-state index contributed by atoms with van der Waals surface area (Å²) in [7, 11) is 0. The molecule has 132 valence electrons. The number of anilines is 1. The minimum absolute atomic E-state index is 0.123. The summed E-state index contributed by atoms with van der Waals surface area (Å²) in [6, 6.07) is 2.26. The van der Waals surface area contributed by atoms with Crippen LogP contribution in [0, 0.1) is 12.8 Å². The van der Waals surface area contributed by atoms with E-state index in [2.05, 4.69) is 20.2 Å². The average molecular weight is 332 g/mol. The molecule has 3 rings (SSSR count). The van der Waals surface area contributed by atoms with Gasteiger partial charge < -0.3 is 15.0 Å². The normalized spacial score (nSPS) is 19.5. The van der Waals surface area contributed by atoms with E-state index in [-0.39, 0.29) is 11.8 Å². The first-order chi connectivity index (χ1) is 11.7. The Bertz CT molecular complexity index is 564. The van der Waals surface area contributed by atoms with Crippen molar-refractivity contribution in [2.75, 3.05) is 24.6 Å². The van der Waals surface area contributed by atoms with Crippen molar-refractivity contribution in [1.29, 1.82) is 0 Å².